The lowest BCUT2D eigenvalue weighted by molar-refractivity contribution is -0.153. The molecule has 0 radical (unpaired) electrons. The summed E-state index contributed by atoms with van der Waals surface area (Å²) in [6.45, 7) is 6.50. The maximum absolute atomic E-state index is 11.5. The third-order valence-electron chi connectivity index (χ3n) is 2.04. The molecular formula is C14H14O3. The Labute approximate surface area is 100 Å². The minimum absolute atomic E-state index is 0.200. The monoisotopic (exact) mass is 230 g/mol. The highest BCUT2D eigenvalue weighted by atomic mass is 16.6. The van der Waals surface area contributed by atoms with Crippen molar-refractivity contribution in [1.29, 1.82) is 0 Å². The highest BCUT2D eigenvalue weighted by Crippen LogP contribution is 2.08. The van der Waals surface area contributed by atoms with E-state index in [1.165, 1.54) is 6.92 Å². The number of carbonyl (C=O) groups is 2. The van der Waals surface area contributed by atoms with Gasteiger partial charge < -0.3 is 4.74 Å². The Bertz CT molecular complexity index is 470. The zero-order valence-electron chi connectivity index (χ0n) is 9.90. The van der Waals surface area contributed by atoms with Crippen LogP contribution in [0, 0.1) is 0 Å². The molecule has 3 heteroatoms. The highest BCUT2D eigenvalue weighted by molar-refractivity contribution is 6.03. The smallest absolute Gasteiger partial charge is 0.341 e. The molecule has 0 spiro atoms. The molecule has 3 nitrogen and oxygen atoms in total. The van der Waals surface area contributed by atoms with E-state index in [4.69, 9.17) is 0 Å². The molecule has 0 amide bonds. The lowest BCUT2D eigenvalue weighted by Crippen LogP contribution is -2.13. The van der Waals surface area contributed by atoms with Gasteiger partial charge in [0.05, 0.1) is 0 Å². The maximum Gasteiger partial charge on any atom is 0.341 e. The second kappa shape index (κ2) is 5.80. The lowest BCUT2D eigenvalue weighted by Gasteiger charge is -2.02. The van der Waals surface area contributed by atoms with E-state index in [0.717, 1.165) is 5.56 Å². The molecule has 0 aliphatic rings. The van der Waals surface area contributed by atoms with Gasteiger partial charge in [0.25, 0.3) is 0 Å². The first-order chi connectivity index (χ1) is 8.00. The van der Waals surface area contributed by atoms with Crippen molar-refractivity contribution in [2.24, 2.45) is 0 Å². The van der Waals surface area contributed by atoms with Gasteiger partial charge in [-0.25, -0.2) is 9.59 Å². The van der Waals surface area contributed by atoms with E-state index in [9.17, 15) is 9.59 Å². The van der Waals surface area contributed by atoms with Gasteiger partial charge in [-0.15, -0.1) is 0 Å². The summed E-state index contributed by atoms with van der Waals surface area (Å²) in [4.78, 5) is 22.7. The zero-order valence-corrected chi connectivity index (χ0v) is 9.90. The minimum atomic E-state index is -0.698. The molecule has 0 aromatic heterocycles. The summed E-state index contributed by atoms with van der Waals surface area (Å²) in [5, 5.41) is 0. The van der Waals surface area contributed by atoms with E-state index in [1.807, 2.05) is 30.3 Å². The number of esters is 2. The van der Waals surface area contributed by atoms with Crippen molar-refractivity contribution in [2.45, 2.75) is 13.8 Å². The summed E-state index contributed by atoms with van der Waals surface area (Å²) in [6, 6.07) is 9.33. The van der Waals surface area contributed by atoms with Gasteiger partial charge in [-0.05, 0) is 25.5 Å². The van der Waals surface area contributed by atoms with Crippen LogP contribution >= 0.6 is 0 Å². The number of benzene rings is 1. The first-order valence-electron chi connectivity index (χ1n) is 5.16. The van der Waals surface area contributed by atoms with Crippen molar-refractivity contribution in [3.05, 3.63) is 53.6 Å². The third-order valence-corrected chi connectivity index (χ3v) is 2.04. The Morgan fingerprint density at radius 2 is 1.71 bits per heavy atom. The van der Waals surface area contributed by atoms with Gasteiger partial charge in [-0.2, -0.15) is 0 Å². The average molecular weight is 230 g/mol. The summed E-state index contributed by atoms with van der Waals surface area (Å²) < 4.78 is 4.60. The van der Waals surface area contributed by atoms with Gasteiger partial charge in [0, 0.05) is 11.1 Å². The summed E-state index contributed by atoms with van der Waals surface area (Å²) in [5.74, 6) is -1.35. The van der Waals surface area contributed by atoms with Crippen LogP contribution in [0.1, 0.15) is 19.4 Å². The molecule has 0 fully saturated rings. The molecular weight excluding hydrogens is 216 g/mol. The number of ether oxygens (including phenoxy) is 1. The fourth-order valence-corrected chi connectivity index (χ4v) is 1.11. The van der Waals surface area contributed by atoms with Crippen LogP contribution in [-0.4, -0.2) is 11.9 Å². The van der Waals surface area contributed by atoms with Gasteiger partial charge in [-0.1, -0.05) is 36.9 Å². The third kappa shape index (κ3) is 4.07. The standard InChI is InChI=1S/C14H14O3/c1-10(2)13(15)17-14(16)11(3)9-12-7-5-4-6-8-12/h4-9H,1H2,2-3H3. The van der Waals surface area contributed by atoms with E-state index < -0.39 is 11.9 Å². The molecule has 0 unspecified atom stereocenters. The Morgan fingerprint density at radius 3 is 2.24 bits per heavy atom. The number of carbonyl (C=O) groups excluding carboxylic acids is 2. The van der Waals surface area contributed by atoms with Crippen molar-refractivity contribution in [2.75, 3.05) is 0 Å². The van der Waals surface area contributed by atoms with Crippen LogP contribution < -0.4 is 0 Å². The van der Waals surface area contributed by atoms with Gasteiger partial charge >= 0.3 is 11.9 Å². The second-order valence-electron chi connectivity index (χ2n) is 3.70. The van der Waals surface area contributed by atoms with Gasteiger partial charge in [0.1, 0.15) is 0 Å². The van der Waals surface area contributed by atoms with E-state index in [2.05, 4.69) is 11.3 Å². The molecule has 0 aliphatic heterocycles. The van der Waals surface area contributed by atoms with Crippen LogP contribution in [0.5, 0.6) is 0 Å². The predicted molar refractivity (Wildman–Crippen MR) is 66.0 cm³/mol. The summed E-state index contributed by atoms with van der Waals surface area (Å²) >= 11 is 0. The second-order valence-corrected chi connectivity index (χ2v) is 3.70. The normalized spacial score (nSPS) is 10.8. The molecule has 17 heavy (non-hydrogen) atoms. The molecule has 0 bridgehead atoms. The van der Waals surface area contributed by atoms with Crippen LogP contribution in [0.15, 0.2) is 48.1 Å². The fraction of sp³-hybridized carbons (Fsp3) is 0.143. The number of hydrogen-bond acceptors (Lipinski definition) is 3. The first-order valence-corrected chi connectivity index (χ1v) is 5.16. The molecule has 1 aromatic rings. The van der Waals surface area contributed by atoms with Crippen molar-refractivity contribution >= 4 is 18.0 Å². The zero-order chi connectivity index (χ0) is 12.8. The van der Waals surface area contributed by atoms with Gasteiger partial charge in [0.2, 0.25) is 0 Å². The predicted octanol–water partition coefficient (Wildman–Crippen LogP) is 2.74. The molecule has 0 saturated heterocycles. The van der Waals surface area contributed by atoms with Gasteiger partial charge in [-0.3, -0.25) is 0 Å². The summed E-state index contributed by atoms with van der Waals surface area (Å²) in [7, 11) is 0. The Balaban J connectivity index is 2.74. The fourth-order valence-electron chi connectivity index (χ4n) is 1.11. The molecule has 0 atom stereocenters. The molecule has 0 N–H and O–H groups in total. The quantitative estimate of drug-likeness (QED) is 0.455. The van der Waals surface area contributed by atoms with Crippen molar-refractivity contribution in [1.82, 2.24) is 0 Å². The molecule has 88 valence electrons. The van der Waals surface area contributed by atoms with E-state index in [1.54, 1.807) is 13.0 Å². The van der Waals surface area contributed by atoms with Crippen LogP contribution in [-0.2, 0) is 14.3 Å². The first kappa shape index (κ1) is 12.9. The molecule has 0 aliphatic carbocycles. The van der Waals surface area contributed by atoms with Crippen LogP contribution in [0.2, 0.25) is 0 Å². The SMILES string of the molecule is C=C(C)C(=O)OC(=O)C(C)=Cc1ccccc1. The lowest BCUT2D eigenvalue weighted by atomic mass is 10.1. The van der Waals surface area contributed by atoms with E-state index in [-0.39, 0.29) is 5.57 Å². The van der Waals surface area contributed by atoms with Crippen LogP contribution in [0.4, 0.5) is 0 Å². The minimum Gasteiger partial charge on any atom is -0.386 e. The molecule has 1 aromatic carbocycles. The largest absolute Gasteiger partial charge is 0.386 e. The topological polar surface area (TPSA) is 43.4 Å². The van der Waals surface area contributed by atoms with E-state index >= 15 is 0 Å². The Morgan fingerprint density at radius 1 is 1.12 bits per heavy atom. The Hall–Kier alpha value is -2.16. The summed E-state index contributed by atoms with van der Waals surface area (Å²) in [5.41, 5.74) is 1.45. The van der Waals surface area contributed by atoms with Crippen molar-refractivity contribution < 1.29 is 14.3 Å². The number of rotatable bonds is 3. The highest BCUT2D eigenvalue weighted by Gasteiger charge is 2.12. The van der Waals surface area contributed by atoms with E-state index in [0.29, 0.717) is 5.57 Å². The Kier molecular flexibility index (Phi) is 4.40. The molecule has 1 rings (SSSR count). The average Bonchev–Trinajstić information content (AvgIpc) is 2.29. The van der Waals surface area contributed by atoms with Crippen molar-refractivity contribution in [3.63, 3.8) is 0 Å². The maximum atomic E-state index is 11.5. The molecule has 0 saturated carbocycles. The van der Waals surface area contributed by atoms with Crippen LogP contribution in [0.25, 0.3) is 6.08 Å². The van der Waals surface area contributed by atoms with Crippen LogP contribution in [0.3, 0.4) is 0 Å². The summed E-state index contributed by atoms with van der Waals surface area (Å²) in [6.07, 6.45) is 1.66. The van der Waals surface area contributed by atoms with Crippen molar-refractivity contribution in [3.8, 4) is 0 Å². The van der Waals surface area contributed by atoms with Gasteiger partial charge in [0.15, 0.2) is 0 Å². The number of hydrogen-bond donors (Lipinski definition) is 0. The molecule has 0 heterocycles.